The van der Waals surface area contributed by atoms with E-state index in [4.69, 9.17) is 19.8 Å². The van der Waals surface area contributed by atoms with Crippen molar-refractivity contribution in [1.29, 1.82) is 0 Å². The predicted molar refractivity (Wildman–Crippen MR) is 21.0 cm³/mol. The molecule has 0 rings (SSSR count). The van der Waals surface area contributed by atoms with E-state index in [2.05, 4.69) is 0 Å². The summed E-state index contributed by atoms with van der Waals surface area (Å²) < 4.78 is 0. The molecule has 0 aliphatic carbocycles. The number of hydrogen-bond acceptors (Lipinski definition) is 2. The molecule has 0 fully saturated rings. The van der Waals surface area contributed by atoms with Crippen LogP contribution in [0.1, 0.15) is 0 Å². The van der Waals surface area contributed by atoms with E-state index < -0.39 is 11.9 Å². The summed E-state index contributed by atoms with van der Waals surface area (Å²) in [6, 6.07) is 0. The van der Waals surface area contributed by atoms with Crippen LogP contribution in [-0.2, 0) is 9.59 Å². The van der Waals surface area contributed by atoms with Crippen LogP contribution in [0.2, 0.25) is 0 Å². The first-order chi connectivity index (χ1) is 2.64. The van der Waals surface area contributed by atoms with Crippen LogP contribution in [-0.4, -0.2) is 45.2 Å². The summed E-state index contributed by atoms with van der Waals surface area (Å²) in [5, 5.41) is 14.8. The van der Waals surface area contributed by atoms with Gasteiger partial charge in [-0.05, 0) is 0 Å². The number of carboxylic acids is 2. The number of carbonyl (C=O) groups is 2. The highest BCUT2D eigenvalue weighted by molar-refractivity contribution is 6.27. The molecule has 0 aromatic heterocycles. The highest BCUT2D eigenvalue weighted by atomic mass is 24.3. The maximum Gasteiger partial charge on any atom is 0.414 e. The molecule has 0 spiro atoms. The van der Waals surface area contributed by atoms with Gasteiger partial charge in [-0.25, -0.2) is 9.59 Å². The molecule has 0 aromatic rings. The number of aliphatic carboxylic acids is 2. The van der Waals surface area contributed by atoms with Gasteiger partial charge in [-0.2, -0.15) is 0 Å². The second-order valence-electron chi connectivity index (χ2n) is 0.610. The van der Waals surface area contributed by atoms with Crippen molar-refractivity contribution in [2.24, 2.45) is 0 Å². The highest BCUT2D eigenvalue weighted by Gasteiger charge is 2.04. The van der Waals surface area contributed by atoms with Crippen LogP contribution in [0.3, 0.4) is 0 Å². The van der Waals surface area contributed by atoms with E-state index in [1.165, 1.54) is 0 Å². The largest absolute Gasteiger partial charge is 0.473 e. The summed E-state index contributed by atoms with van der Waals surface area (Å²) >= 11 is 0. The van der Waals surface area contributed by atoms with E-state index in [9.17, 15) is 0 Å². The molecule has 0 aliphatic heterocycles. The monoisotopic (exact) mass is 114 g/mol. The normalized spacial score (nSPS) is 6.29. The zero-order chi connectivity index (χ0) is 5.15. The van der Waals surface area contributed by atoms with Gasteiger partial charge in [0.2, 0.25) is 0 Å². The third-order valence-electron chi connectivity index (χ3n) is 0.183. The molecule has 36 valence electrons. The third-order valence-corrected chi connectivity index (χ3v) is 0.183. The Labute approximate surface area is 55.3 Å². The minimum absolute atomic E-state index is 0. The fourth-order valence-electron chi connectivity index (χ4n) is 0. The molecule has 0 bridgehead atoms. The van der Waals surface area contributed by atoms with Crippen LogP contribution in [0, 0.1) is 0 Å². The second-order valence-corrected chi connectivity index (χ2v) is 0.610. The van der Waals surface area contributed by atoms with E-state index in [0.29, 0.717) is 0 Å². The van der Waals surface area contributed by atoms with Crippen molar-refractivity contribution in [2.75, 3.05) is 0 Å². The van der Waals surface area contributed by atoms with Crippen LogP contribution in [0.25, 0.3) is 0 Å². The summed E-state index contributed by atoms with van der Waals surface area (Å²) in [7, 11) is 0. The first kappa shape index (κ1) is 9.86. The summed E-state index contributed by atoms with van der Waals surface area (Å²) in [5.74, 6) is -3.65. The van der Waals surface area contributed by atoms with Gasteiger partial charge in [0.15, 0.2) is 0 Å². The first-order valence-corrected chi connectivity index (χ1v) is 1.11. The fourth-order valence-corrected chi connectivity index (χ4v) is 0. The van der Waals surface area contributed by atoms with Gasteiger partial charge in [-0.15, -0.1) is 0 Å². The van der Waals surface area contributed by atoms with E-state index in [0.717, 1.165) is 0 Å². The Morgan fingerprint density at radius 3 is 1.14 bits per heavy atom. The summed E-state index contributed by atoms with van der Waals surface area (Å²) in [6.07, 6.45) is 0. The molecular weight excluding hydrogens is 112 g/mol. The molecule has 7 heavy (non-hydrogen) atoms. The molecule has 2 radical (unpaired) electrons. The summed E-state index contributed by atoms with van der Waals surface area (Å²) in [4.78, 5) is 18.2. The molecular formula is C2H2MgO4. The predicted octanol–water partition coefficient (Wildman–Crippen LogP) is -1.23. The minimum atomic E-state index is -1.82. The van der Waals surface area contributed by atoms with Gasteiger partial charge >= 0.3 is 11.9 Å². The van der Waals surface area contributed by atoms with Crippen molar-refractivity contribution in [3.63, 3.8) is 0 Å². The molecule has 0 aliphatic rings. The van der Waals surface area contributed by atoms with Crippen molar-refractivity contribution in [3.05, 3.63) is 0 Å². The molecule has 0 aromatic carbocycles. The van der Waals surface area contributed by atoms with Gasteiger partial charge in [0.05, 0.1) is 0 Å². The summed E-state index contributed by atoms with van der Waals surface area (Å²) in [5.41, 5.74) is 0. The highest BCUT2D eigenvalue weighted by Crippen LogP contribution is 1.56. The fraction of sp³-hybridized carbons (Fsp3) is 0. The molecule has 4 nitrogen and oxygen atoms in total. The smallest absolute Gasteiger partial charge is 0.414 e. The Morgan fingerprint density at radius 1 is 1.00 bits per heavy atom. The SMILES string of the molecule is O=C(O)C(=O)O.[Mg]. The maximum atomic E-state index is 9.10. The molecule has 0 heterocycles. The minimum Gasteiger partial charge on any atom is -0.473 e. The quantitative estimate of drug-likeness (QED) is 0.306. The molecule has 0 atom stereocenters. The zero-order valence-electron chi connectivity index (χ0n) is 3.42. The van der Waals surface area contributed by atoms with Crippen LogP contribution in [0.4, 0.5) is 0 Å². The molecule has 0 saturated heterocycles. The van der Waals surface area contributed by atoms with E-state index >= 15 is 0 Å². The van der Waals surface area contributed by atoms with Gasteiger partial charge in [0.1, 0.15) is 0 Å². The lowest BCUT2D eigenvalue weighted by molar-refractivity contribution is -0.159. The molecule has 2 N–H and O–H groups in total. The van der Waals surface area contributed by atoms with E-state index in [1.54, 1.807) is 0 Å². The molecule has 0 amide bonds. The molecule has 5 heteroatoms. The molecule has 0 saturated carbocycles. The van der Waals surface area contributed by atoms with Crippen molar-refractivity contribution in [3.8, 4) is 0 Å². The Kier molecular flexibility index (Phi) is 5.47. The second kappa shape index (κ2) is 3.88. The lowest BCUT2D eigenvalue weighted by Crippen LogP contribution is -2.09. The van der Waals surface area contributed by atoms with Gasteiger partial charge in [0, 0.05) is 23.1 Å². The topological polar surface area (TPSA) is 74.6 Å². The van der Waals surface area contributed by atoms with Crippen molar-refractivity contribution in [1.82, 2.24) is 0 Å². The lowest BCUT2D eigenvalue weighted by Gasteiger charge is -1.72. The summed E-state index contributed by atoms with van der Waals surface area (Å²) in [6.45, 7) is 0. The Bertz CT molecular complexity index is 75.7. The maximum absolute atomic E-state index is 9.10. The van der Waals surface area contributed by atoms with Crippen LogP contribution >= 0.6 is 0 Å². The van der Waals surface area contributed by atoms with Crippen molar-refractivity contribution in [2.45, 2.75) is 0 Å². The molecule has 0 unspecified atom stereocenters. The number of carboxylic acid groups (broad SMARTS) is 2. The van der Waals surface area contributed by atoms with E-state index in [-0.39, 0.29) is 23.1 Å². The Hall–Kier alpha value is -0.294. The van der Waals surface area contributed by atoms with Gasteiger partial charge < -0.3 is 10.2 Å². The number of hydrogen-bond donors (Lipinski definition) is 2. The number of rotatable bonds is 0. The van der Waals surface area contributed by atoms with Gasteiger partial charge in [-0.3, -0.25) is 0 Å². The average molecular weight is 114 g/mol. The van der Waals surface area contributed by atoms with Crippen LogP contribution in [0.5, 0.6) is 0 Å². The van der Waals surface area contributed by atoms with Gasteiger partial charge in [0.25, 0.3) is 0 Å². The van der Waals surface area contributed by atoms with Crippen LogP contribution < -0.4 is 0 Å². The zero-order valence-corrected chi connectivity index (χ0v) is 4.83. The van der Waals surface area contributed by atoms with E-state index in [1.807, 2.05) is 0 Å². The van der Waals surface area contributed by atoms with Crippen molar-refractivity contribution < 1.29 is 19.8 Å². The average Bonchev–Trinajstić information content (AvgIpc) is 1.36. The third kappa shape index (κ3) is 5.71. The Balaban J connectivity index is 0. The van der Waals surface area contributed by atoms with Crippen molar-refractivity contribution >= 4 is 35.0 Å². The van der Waals surface area contributed by atoms with Crippen LogP contribution in [0.15, 0.2) is 0 Å². The van der Waals surface area contributed by atoms with Gasteiger partial charge in [-0.1, -0.05) is 0 Å². The Morgan fingerprint density at radius 2 is 1.14 bits per heavy atom. The lowest BCUT2D eigenvalue weighted by atomic mass is 10.7. The standard InChI is InChI=1S/C2H2O4.Mg/c3-1(4)2(5)6;/h(H,3,4)(H,5,6);. The first-order valence-electron chi connectivity index (χ1n) is 1.11.